The summed E-state index contributed by atoms with van der Waals surface area (Å²) in [5.41, 5.74) is 2.05. The summed E-state index contributed by atoms with van der Waals surface area (Å²) < 4.78 is 27.3. The van der Waals surface area contributed by atoms with Crippen molar-refractivity contribution in [3.63, 3.8) is 0 Å². The zero-order valence-corrected chi connectivity index (χ0v) is 27.8. The van der Waals surface area contributed by atoms with Gasteiger partial charge >= 0.3 is 19.7 Å². The first-order chi connectivity index (χ1) is 19.8. The Kier molecular flexibility index (Phi) is 11.0. The van der Waals surface area contributed by atoms with Crippen molar-refractivity contribution in [1.29, 1.82) is 0 Å². The number of rotatable bonds is 12. The highest BCUT2D eigenvalue weighted by molar-refractivity contribution is 7.52. The maximum Gasteiger partial charge on any atom is 0.407 e. The summed E-state index contributed by atoms with van der Waals surface area (Å²) >= 11 is 0. The molecule has 0 spiro atoms. The molecule has 8 nitrogen and oxygen atoms in total. The molecular weight excluding hydrogens is 553 g/mol. The number of amides is 1. The Bertz CT molecular complexity index is 1050. The van der Waals surface area contributed by atoms with Crippen LogP contribution >= 0.6 is 7.60 Å². The van der Waals surface area contributed by atoms with Gasteiger partial charge in [0.1, 0.15) is 12.4 Å². The summed E-state index contributed by atoms with van der Waals surface area (Å²) in [5.74, 6) is 3.97. The molecule has 9 atom stereocenters. The van der Waals surface area contributed by atoms with Crippen LogP contribution in [0.3, 0.4) is 0 Å². The molecule has 0 aromatic heterocycles. The predicted molar refractivity (Wildman–Crippen MR) is 164 cm³/mol. The first-order valence-corrected chi connectivity index (χ1v) is 18.3. The van der Waals surface area contributed by atoms with E-state index in [2.05, 4.69) is 46.0 Å². The van der Waals surface area contributed by atoms with Gasteiger partial charge in [-0.3, -0.25) is 9.09 Å². The number of hydrogen-bond acceptors (Lipinski definition) is 6. The minimum atomic E-state index is -4.19. The van der Waals surface area contributed by atoms with Gasteiger partial charge in [0.05, 0.1) is 6.61 Å². The second-order valence-corrected chi connectivity index (χ2v) is 16.5. The highest BCUT2D eigenvalue weighted by Gasteiger charge is 2.59. The van der Waals surface area contributed by atoms with Crippen LogP contribution < -0.4 is 5.32 Å². The number of carbonyl (C=O) groups is 2. The molecular formula is C33H56NO7P. The fourth-order valence-electron chi connectivity index (χ4n) is 9.51. The maximum absolute atomic E-state index is 12.5. The molecule has 0 bridgehead atoms. The lowest BCUT2D eigenvalue weighted by Crippen LogP contribution is -2.51. The van der Waals surface area contributed by atoms with Crippen LogP contribution in [0.15, 0.2) is 11.6 Å². The minimum Gasteiger partial charge on any atom is -0.464 e. The number of nitrogens with one attached hydrogen (secondary N) is 1. The molecule has 0 saturated heterocycles. The molecule has 240 valence electrons. The summed E-state index contributed by atoms with van der Waals surface area (Å²) in [4.78, 5) is 33.8. The highest BCUT2D eigenvalue weighted by atomic mass is 31.2. The van der Waals surface area contributed by atoms with Gasteiger partial charge in [-0.05, 0) is 98.2 Å². The van der Waals surface area contributed by atoms with E-state index in [0.717, 1.165) is 55.3 Å². The standard InChI is InChI=1S/C33H56NO7P/c1-7-39-30(35)20-40-42(37,38)21-34-31(36)41-25-15-17-32(5)24(19-25)11-12-26-28-14-13-27(23(4)10-8-9-22(2)3)33(28,6)18-16-29(26)32/h11,22-23,25-29H,7-10,12-21H2,1-6H3,(H,34,36)(H,37,38)/t23-,25+,26+,27-,28+,29+,32+,33-/m1/s1. The maximum atomic E-state index is 12.5. The summed E-state index contributed by atoms with van der Waals surface area (Å²) in [6, 6.07) is 0. The van der Waals surface area contributed by atoms with Crippen LogP contribution in [0.5, 0.6) is 0 Å². The Morgan fingerprint density at radius 3 is 2.57 bits per heavy atom. The van der Waals surface area contributed by atoms with Crippen LogP contribution in [0.25, 0.3) is 0 Å². The highest BCUT2D eigenvalue weighted by Crippen LogP contribution is 2.67. The van der Waals surface area contributed by atoms with E-state index >= 15 is 0 Å². The van der Waals surface area contributed by atoms with E-state index in [1.807, 2.05) is 0 Å². The van der Waals surface area contributed by atoms with E-state index in [1.54, 1.807) is 6.92 Å². The smallest absolute Gasteiger partial charge is 0.407 e. The monoisotopic (exact) mass is 609 g/mol. The van der Waals surface area contributed by atoms with Crippen molar-refractivity contribution < 1.29 is 33.0 Å². The van der Waals surface area contributed by atoms with E-state index in [-0.39, 0.29) is 18.1 Å². The van der Waals surface area contributed by atoms with Gasteiger partial charge in [-0.2, -0.15) is 0 Å². The topological polar surface area (TPSA) is 111 Å². The van der Waals surface area contributed by atoms with Crippen molar-refractivity contribution in [2.75, 3.05) is 19.5 Å². The molecule has 0 aliphatic heterocycles. The molecule has 1 unspecified atom stereocenters. The summed E-state index contributed by atoms with van der Waals surface area (Å²) in [6.07, 6.45) is 14.0. The molecule has 3 saturated carbocycles. The zero-order chi connectivity index (χ0) is 30.7. The number of allylic oxidation sites excluding steroid dienone is 1. The average Bonchev–Trinajstić information content (AvgIpc) is 3.28. The predicted octanol–water partition coefficient (Wildman–Crippen LogP) is 7.85. The Morgan fingerprint density at radius 1 is 1.10 bits per heavy atom. The summed E-state index contributed by atoms with van der Waals surface area (Å²) in [6.45, 7) is 13.4. The zero-order valence-electron chi connectivity index (χ0n) is 26.9. The number of hydrogen-bond donors (Lipinski definition) is 2. The summed E-state index contributed by atoms with van der Waals surface area (Å²) in [7, 11) is -4.19. The minimum absolute atomic E-state index is 0.152. The largest absolute Gasteiger partial charge is 0.464 e. The van der Waals surface area contributed by atoms with Crippen LogP contribution in [0.2, 0.25) is 0 Å². The SMILES string of the molecule is CCOC(=O)COP(=O)(O)CNC(=O)O[C@H]1CC[C@@]2(C)C(=CC[C@H]3[C@@H]4CC[C@H]([C@H](C)CCCC(C)C)[C@@]4(C)CC[C@@H]32)C1. The second kappa shape index (κ2) is 13.7. The van der Waals surface area contributed by atoms with Crippen molar-refractivity contribution in [3.05, 3.63) is 11.6 Å². The fourth-order valence-corrected chi connectivity index (χ4v) is 10.2. The van der Waals surface area contributed by atoms with Crippen LogP contribution in [-0.2, 0) is 23.4 Å². The number of ether oxygens (including phenoxy) is 2. The number of esters is 1. The molecule has 2 N–H and O–H groups in total. The van der Waals surface area contributed by atoms with Crippen molar-refractivity contribution in [2.24, 2.45) is 46.3 Å². The molecule has 0 aromatic rings. The molecule has 3 fully saturated rings. The van der Waals surface area contributed by atoms with Gasteiger partial charge in [0.15, 0.2) is 6.61 Å². The van der Waals surface area contributed by atoms with Gasteiger partial charge in [-0.25, -0.2) is 9.59 Å². The van der Waals surface area contributed by atoms with Crippen LogP contribution in [0, 0.1) is 46.3 Å². The van der Waals surface area contributed by atoms with Gasteiger partial charge in [-0.1, -0.05) is 65.5 Å². The second-order valence-electron chi connectivity index (χ2n) is 14.6. The molecule has 4 aliphatic carbocycles. The van der Waals surface area contributed by atoms with Gasteiger partial charge in [-0.15, -0.1) is 0 Å². The van der Waals surface area contributed by atoms with E-state index in [0.29, 0.717) is 11.3 Å². The lowest BCUT2D eigenvalue weighted by molar-refractivity contribution is -0.145. The van der Waals surface area contributed by atoms with E-state index in [1.165, 1.54) is 50.5 Å². The normalized spacial score (nSPS) is 36.1. The first kappa shape index (κ1) is 33.5. The molecule has 1 amide bonds. The molecule has 9 heteroatoms. The lowest BCUT2D eigenvalue weighted by atomic mass is 9.47. The van der Waals surface area contributed by atoms with Gasteiger partial charge in [0.25, 0.3) is 0 Å². The van der Waals surface area contributed by atoms with Crippen LogP contribution in [0.1, 0.15) is 112 Å². The Hall–Kier alpha value is -1.37. The third-order valence-electron chi connectivity index (χ3n) is 11.6. The van der Waals surface area contributed by atoms with Crippen molar-refractivity contribution in [2.45, 2.75) is 118 Å². The molecule has 4 rings (SSSR count). The molecule has 4 aliphatic rings. The van der Waals surface area contributed by atoms with E-state index < -0.39 is 32.6 Å². The average molecular weight is 610 g/mol. The summed E-state index contributed by atoms with van der Waals surface area (Å²) in [5, 5.41) is 2.34. The third-order valence-corrected chi connectivity index (χ3v) is 12.7. The molecule has 0 aromatic carbocycles. The quantitative estimate of drug-likeness (QED) is 0.132. The lowest BCUT2D eigenvalue weighted by Gasteiger charge is -2.58. The molecule has 0 heterocycles. The first-order valence-electron chi connectivity index (χ1n) is 16.5. The van der Waals surface area contributed by atoms with Crippen LogP contribution in [0.4, 0.5) is 4.79 Å². The van der Waals surface area contributed by atoms with E-state index in [4.69, 9.17) is 14.0 Å². The van der Waals surface area contributed by atoms with E-state index in [9.17, 15) is 19.0 Å². The Morgan fingerprint density at radius 2 is 1.86 bits per heavy atom. The Balaban J connectivity index is 1.31. The molecule has 42 heavy (non-hydrogen) atoms. The van der Waals surface area contributed by atoms with Crippen molar-refractivity contribution in [1.82, 2.24) is 5.32 Å². The number of carbonyl (C=O) groups excluding carboxylic acids is 2. The molecule has 0 radical (unpaired) electrons. The van der Waals surface area contributed by atoms with Gasteiger partial charge in [0.2, 0.25) is 0 Å². The van der Waals surface area contributed by atoms with Crippen molar-refractivity contribution in [3.8, 4) is 0 Å². The van der Waals surface area contributed by atoms with Gasteiger partial charge in [0, 0.05) is 6.42 Å². The Labute approximate surface area is 253 Å². The van der Waals surface area contributed by atoms with Crippen LogP contribution in [-0.4, -0.2) is 42.6 Å². The van der Waals surface area contributed by atoms with Gasteiger partial charge < -0.3 is 19.7 Å². The third kappa shape index (κ3) is 7.46. The number of fused-ring (bicyclic) bond motifs is 5. The number of alkyl carbamates (subject to hydrolysis) is 1. The van der Waals surface area contributed by atoms with Crippen molar-refractivity contribution >= 4 is 19.7 Å². The fraction of sp³-hybridized carbons (Fsp3) is 0.879.